The third-order valence-corrected chi connectivity index (χ3v) is 2.87. The molecule has 0 unspecified atom stereocenters. The maximum absolute atomic E-state index is 13.2. The number of hydrogen-bond donors (Lipinski definition) is 0. The molecule has 0 spiro atoms. The zero-order valence-corrected chi connectivity index (χ0v) is 11.8. The van der Waals surface area contributed by atoms with E-state index in [0.717, 1.165) is 6.07 Å². The highest BCUT2D eigenvalue weighted by Crippen LogP contribution is 2.22. The maximum atomic E-state index is 13.2. The van der Waals surface area contributed by atoms with Gasteiger partial charge in [-0.3, -0.25) is 4.79 Å². The normalized spacial score (nSPS) is 10.0. The first-order valence-corrected chi connectivity index (χ1v) is 6.27. The first-order valence-electron chi connectivity index (χ1n) is 6.27. The molecule has 2 aromatic rings. The van der Waals surface area contributed by atoms with Crippen molar-refractivity contribution < 1.29 is 23.4 Å². The molecule has 5 heteroatoms. The fourth-order valence-electron chi connectivity index (χ4n) is 1.82. The van der Waals surface area contributed by atoms with Gasteiger partial charge in [-0.25, -0.2) is 4.39 Å². The Morgan fingerprint density at radius 3 is 2.52 bits per heavy atom. The number of ketones is 1. The number of benzene rings is 2. The molecule has 0 aliphatic heterocycles. The van der Waals surface area contributed by atoms with Crippen molar-refractivity contribution in [3.8, 4) is 17.2 Å². The first kappa shape index (κ1) is 14.8. The first-order chi connectivity index (χ1) is 10.1. The molecule has 0 saturated heterocycles. The van der Waals surface area contributed by atoms with Gasteiger partial charge in [-0.15, -0.1) is 0 Å². The lowest BCUT2D eigenvalue weighted by Gasteiger charge is -2.09. The smallest absolute Gasteiger partial charge is 0.204 e. The van der Waals surface area contributed by atoms with Crippen LogP contribution in [0.2, 0.25) is 0 Å². The van der Waals surface area contributed by atoms with Crippen molar-refractivity contribution in [3.63, 3.8) is 0 Å². The van der Waals surface area contributed by atoms with Crippen molar-refractivity contribution >= 4 is 5.78 Å². The van der Waals surface area contributed by atoms with Crippen LogP contribution in [0.15, 0.2) is 42.5 Å². The van der Waals surface area contributed by atoms with Gasteiger partial charge in [0.1, 0.15) is 23.1 Å². The Bertz CT molecular complexity index is 640. The van der Waals surface area contributed by atoms with Gasteiger partial charge >= 0.3 is 0 Å². The van der Waals surface area contributed by atoms with Crippen LogP contribution in [-0.2, 0) is 0 Å². The van der Waals surface area contributed by atoms with E-state index in [1.807, 2.05) is 0 Å². The van der Waals surface area contributed by atoms with Crippen LogP contribution in [0.3, 0.4) is 0 Å². The quantitative estimate of drug-likeness (QED) is 0.767. The predicted molar refractivity (Wildman–Crippen MR) is 75.8 cm³/mol. The lowest BCUT2D eigenvalue weighted by Crippen LogP contribution is -2.13. The summed E-state index contributed by atoms with van der Waals surface area (Å²) in [6.45, 7) is -0.215. The summed E-state index contributed by atoms with van der Waals surface area (Å²) in [6, 6.07) is 10.7. The Morgan fingerprint density at radius 1 is 1.05 bits per heavy atom. The van der Waals surface area contributed by atoms with E-state index in [0.29, 0.717) is 17.2 Å². The summed E-state index contributed by atoms with van der Waals surface area (Å²) >= 11 is 0. The second-order valence-corrected chi connectivity index (χ2v) is 4.24. The van der Waals surface area contributed by atoms with Crippen molar-refractivity contribution in [1.82, 2.24) is 0 Å². The Hall–Kier alpha value is -2.56. The maximum Gasteiger partial charge on any atom is 0.204 e. The highest BCUT2D eigenvalue weighted by molar-refractivity contribution is 5.99. The van der Waals surface area contributed by atoms with Crippen LogP contribution in [0, 0.1) is 5.82 Å². The van der Waals surface area contributed by atoms with E-state index < -0.39 is 5.82 Å². The molecule has 21 heavy (non-hydrogen) atoms. The molecule has 0 amide bonds. The molecular formula is C16H15FO4. The number of rotatable bonds is 6. The zero-order valence-electron chi connectivity index (χ0n) is 11.8. The van der Waals surface area contributed by atoms with E-state index in [4.69, 9.17) is 14.2 Å². The fourth-order valence-corrected chi connectivity index (χ4v) is 1.82. The van der Waals surface area contributed by atoms with E-state index in [2.05, 4.69) is 0 Å². The summed E-state index contributed by atoms with van der Waals surface area (Å²) in [5, 5.41) is 0. The summed E-state index contributed by atoms with van der Waals surface area (Å²) in [5.41, 5.74) is 0.153. The fraction of sp³-hybridized carbons (Fsp3) is 0.188. The molecular weight excluding hydrogens is 275 g/mol. The minimum Gasteiger partial charge on any atom is -0.497 e. The number of halogens is 1. The summed E-state index contributed by atoms with van der Waals surface area (Å²) in [5.74, 6) is 0.576. The Labute approximate surface area is 122 Å². The van der Waals surface area contributed by atoms with Gasteiger partial charge in [0, 0.05) is 6.07 Å². The van der Waals surface area contributed by atoms with Crippen LogP contribution >= 0.6 is 0 Å². The minimum absolute atomic E-state index is 0.153. The third-order valence-electron chi connectivity index (χ3n) is 2.87. The van der Waals surface area contributed by atoms with Crippen LogP contribution in [0.1, 0.15) is 10.4 Å². The molecule has 0 saturated carbocycles. The summed E-state index contributed by atoms with van der Waals surface area (Å²) in [7, 11) is 2.97. The molecule has 0 radical (unpaired) electrons. The largest absolute Gasteiger partial charge is 0.497 e. The van der Waals surface area contributed by atoms with Crippen LogP contribution < -0.4 is 14.2 Å². The van der Waals surface area contributed by atoms with E-state index in [9.17, 15) is 9.18 Å². The number of carbonyl (C=O) groups excluding carboxylic acids is 1. The molecule has 0 N–H and O–H groups in total. The van der Waals surface area contributed by atoms with E-state index in [1.54, 1.807) is 31.4 Å². The second-order valence-electron chi connectivity index (χ2n) is 4.24. The molecule has 2 rings (SSSR count). The van der Waals surface area contributed by atoms with Gasteiger partial charge in [0.2, 0.25) is 5.78 Å². The standard InChI is InChI=1S/C16H15FO4/c1-19-12-4-3-5-13(9-12)21-10-15(18)14-8-11(17)6-7-16(14)20-2/h3-9H,10H2,1-2H3. The van der Waals surface area contributed by atoms with Gasteiger partial charge in [-0.1, -0.05) is 6.07 Å². The van der Waals surface area contributed by atoms with Crippen molar-refractivity contribution in [2.75, 3.05) is 20.8 Å². The summed E-state index contributed by atoms with van der Waals surface area (Å²) in [4.78, 5) is 12.1. The molecule has 0 bridgehead atoms. The highest BCUT2D eigenvalue weighted by atomic mass is 19.1. The summed E-state index contributed by atoms with van der Waals surface area (Å²) in [6.07, 6.45) is 0. The van der Waals surface area contributed by atoms with E-state index in [-0.39, 0.29) is 18.0 Å². The monoisotopic (exact) mass is 290 g/mol. The Morgan fingerprint density at radius 2 is 1.81 bits per heavy atom. The molecule has 2 aromatic carbocycles. The van der Waals surface area contributed by atoms with Gasteiger partial charge in [0.15, 0.2) is 6.61 Å². The molecule has 0 heterocycles. The highest BCUT2D eigenvalue weighted by Gasteiger charge is 2.14. The SMILES string of the molecule is COc1cccc(OCC(=O)c2cc(F)ccc2OC)c1. The van der Waals surface area contributed by atoms with Gasteiger partial charge in [0.05, 0.1) is 19.8 Å². The van der Waals surface area contributed by atoms with Crippen molar-refractivity contribution in [2.24, 2.45) is 0 Å². The average Bonchev–Trinajstić information content (AvgIpc) is 2.52. The van der Waals surface area contributed by atoms with Gasteiger partial charge in [-0.05, 0) is 30.3 Å². The lowest BCUT2D eigenvalue weighted by atomic mass is 10.1. The molecule has 0 atom stereocenters. The third kappa shape index (κ3) is 3.72. The molecule has 0 fully saturated rings. The molecule has 4 nitrogen and oxygen atoms in total. The van der Waals surface area contributed by atoms with Crippen LogP contribution in [0.4, 0.5) is 4.39 Å². The van der Waals surface area contributed by atoms with Crippen LogP contribution in [0.25, 0.3) is 0 Å². The van der Waals surface area contributed by atoms with Gasteiger partial charge in [-0.2, -0.15) is 0 Å². The number of ether oxygens (including phenoxy) is 3. The van der Waals surface area contributed by atoms with Crippen molar-refractivity contribution in [2.45, 2.75) is 0 Å². The lowest BCUT2D eigenvalue weighted by molar-refractivity contribution is 0.0917. The van der Waals surface area contributed by atoms with Crippen LogP contribution in [0.5, 0.6) is 17.2 Å². The van der Waals surface area contributed by atoms with Gasteiger partial charge in [0.25, 0.3) is 0 Å². The Kier molecular flexibility index (Phi) is 4.77. The number of hydrogen-bond acceptors (Lipinski definition) is 4. The number of methoxy groups -OCH3 is 2. The average molecular weight is 290 g/mol. The topological polar surface area (TPSA) is 44.8 Å². The van der Waals surface area contributed by atoms with Crippen molar-refractivity contribution in [3.05, 3.63) is 53.8 Å². The molecule has 110 valence electrons. The summed E-state index contributed by atoms with van der Waals surface area (Å²) < 4.78 is 28.7. The molecule has 0 aromatic heterocycles. The zero-order chi connectivity index (χ0) is 15.2. The number of Topliss-reactive ketones (excluding diaryl/α,β-unsaturated/α-hetero) is 1. The van der Waals surface area contributed by atoms with E-state index in [1.165, 1.54) is 19.2 Å². The predicted octanol–water partition coefficient (Wildman–Crippen LogP) is 3.10. The van der Waals surface area contributed by atoms with E-state index >= 15 is 0 Å². The minimum atomic E-state index is -0.500. The molecule has 0 aliphatic rings. The van der Waals surface area contributed by atoms with Gasteiger partial charge < -0.3 is 14.2 Å². The Balaban J connectivity index is 2.09. The van der Waals surface area contributed by atoms with Crippen molar-refractivity contribution in [1.29, 1.82) is 0 Å². The number of carbonyl (C=O) groups is 1. The molecule has 0 aliphatic carbocycles. The van der Waals surface area contributed by atoms with Crippen LogP contribution in [-0.4, -0.2) is 26.6 Å². The second kappa shape index (κ2) is 6.74.